The molecule has 0 radical (unpaired) electrons. The molecule has 0 atom stereocenters. The van der Waals surface area contributed by atoms with Crippen molar-refractivity contribution in [3.63, 3.8) is 0 Å². The van der Waals surface area contributed by atoms with Crippen LogP contribution in [0.2, 0.25) is 5.02 Å². The molecule has 0 saturated carbocycles. The van der Waals surface area contributed by atoms with E-state index >= 15 is 0 Å². The fourth-order valence-electron chi connectivity index (χ4n) is 2.57. The highest BCUT2D eigenvalue weighted by molar-refractivity contribution is 6.30. The summed E-state index contributed by atoms with van der Waals surface area (Å²) in [7, 11) is 0. The van der Waals surface area contributed by atoms with Gasteiger partial charge in [-0.15, -0.1) is 0 Å². The largest absolute Gasteiger partial charge is 0.350 e. The predicted molar refractivity (Wildman–Crippen MR) is 119 cm³/mol. The fraction of sp³-hybridized carbons (Fsp3) is 0.167. The molecule has 4 nitrogen and oxygen atoms in total. The molecular weight excluding hydrogens is 384 g/mol. The lowest BCUT2D eigenvalue weighted by molar-refractivity contribution is -0.120. The number of rotatable bonds is 6. The lowest BCUT2D eigenvalue weighted by Crippen LogP contribution is -2.36. The minimum Gasteiger partial charge on any atom is -0.350 e. The molecule has 0 aliphatic rings. The number of hydrogen-bond acceptors (Lipinski definition) is 2. The molecule has 2 amide bonds. The van der Waals surface area contributed by atoms with Crippen LogP contribution in [-0.4, -0.2) is 18.4 Å². The quantitative estimate of drug-likeness (QED) is 0.597. The molecule has 0 fully saturated rings. The van der Waals surface area contributed by atoms with Crippen molar-refractivity contribution in [3.8, 4) is 11.1 Å². The summed E-state index contributed by atoms with van der Waals surface area (Å²) in [6.45, 7) is 4.31. The van der Waals surface area contributed by atoms with Gasteiger partial charge in [0.05, 0.1) is 6.54 Å². The van der Waals surface area contributed by atoms with E-state index in [2.05, 4.69) is 10.6 Å². The number of carbonyl (C=O) groups excluding carboxylic acids is 2. The van der Waals surface area contributed by atoms with E-state index in [4.69, 9.17) is 11.6 Å². The Bertz CT molecular complexity index is 908. The van der Waals surface area contributed by atoms with E-state index in [-0.39, 0.29) is 18.4 Å². The lowest BCUT2D eigenvalue weighted by atomic mass is 10.0. The molecule has 150 valence electrons. The Labute approximate surface area is 176 Å². The van der Waals surface area contributed by atoms with Gasteiger partial charge in [0, 0.05) is 17.1 Å². The molecule has 0 heterocycles. The summed E-state index contributed by atoms with van der Waals surface area (Å²) in [6.07, 6.45) is 0. The third-order valence-electron chi connectivity index (χ3n) is 4.07. The molecule has 3 rings (SSSR count). The second-order valence-electron chi connectivity index (χ2n) is 6.03. The van der Waals surface area contributed by atoms with Gasteiger partial charge in [-0.2, -0.15) is 0 Å². The van der Waals surface area contributed by atoms with E-state index in [1.54, 1.807) is 24.3 Å². The molecule has 5 heteroatoms. The van der Waals surface area contributed by atoms with Crippen LogP contribution in [0.3, 0.4) is 0 Å². The van der Waals surface area contributed by atoms with Gasteiger partial charge in [0.15, 0.2) is 0 Å². The van der Waals surface area contributed by atoms with Crippen LogP contribution in [0.15, 0.2) is 78.9 Å². The average Bonchev–Trinajstić information content (AvgIpc) is 2.79. The minimum absolute atomic E-state index is 0.0765. The fourth-order valence-corrected chi connectivity index (χ4v) is 2.70. The molecule has 29 heavy (non-hydrogen) atoms. The molecule has 0 aliphatic heterocycles. The Hall–Kier alpha value is -3.11. The van der Waals surface area contributed by atoms with E-state index in [1.807, 2.05) is 68.4 Å². The smallest absolute Gasteiger partial charge is 0.251 e. The van der Waals surface area contributed by atoms with E-state index in [1.165, 1.54) is 0 Å². The van der Waals surface area contributed by atoms with Gasteiger partial charge in [-0.25, -0.2) is 0 Å². The molecule has 0 spiro atoms. The van der Waals surface area contributed by atoms with Crippen molar-refractivity contribution < 1.29 is 9.59 Å². The molecule has 0 unspecified atom stereocenters. The normalized spacial score (nSPS) is 9.76. The van der Waals surface area contributed by atoms with Crippen LogP contribution < -0.4 is 10.6 Å². The van der Waals surface area contributed by atoms with Crippen molar-refractivity contribution in [1.29, 1.82) is 0 Å². The van der Waals surface area contributed by atoms with Crippen molar-refractivity contribution in [3.05, 3.63) is 95.0 Å². The summed E-state index contributed by atoms with van der Waals surface area (Å²) in [5.41, 5.74) is 3.58. The van der Waals surface area contributed by atoms with Crippen LogP contribution in [0.5, 0.6) is 0 Å². The molecule has 3 aromatic rings. The molecule has 0 aliphatic carbocycles. The summed E-state index contributed by atoms with van der Waals surface area (Å²) in [6, 6.07) is 24.4. The summed E-state index contributed by atoms with van der Waals surface area (Å²) in [5, 5.41) is 6.04. The van der Waals surface area contributed by atoms with Crippen LogP contribution >= 0.6 is 11.6 Å². The summed E-state index contributed by atoms with van der Waals surface area (Å²) >= 11 is 5.83. The number of nitrogens with one attached hydrogen (secondary N) is 2. The van der Waals surface area contributed by atoms with Crippen molar-refractivity contribution in [1.82, 2.24) is 10.6 Å². The zero-order valence-electron chi connectivity index (χ0n) is 16.6. The van der Waals surface area contributed by atoms with Gasteiger partial charge in [-0.05, 0) is 41.0 Å². The van der Waals surface area contributed by atoms with Gasteiger partial charge in [0.2, 0.25) is 5.91 Å². The van der Waals surface area contributed by atoms with Gasteiger partial charge in [-0.1, -0.05) is 80.0 Å². The molecule has 0 bridgehead atoms. The molecular formula is C24H25ClN2O2. The monoisotopic (exact) mass is 408 g/mol. The Balaban J connectivity index is 0.00000145. The van der Waals surface area contributed by atoms with Crippen LogP contribution in [0.25, 0.3) is 11.1 Å². The third-order valence-corrected chi connectivity index (χ3v) is 4.32. The lowest BCUT2D eigenvalue weighted by Gasteiger charge is -2.08. The Morgan fingerprint density at radius 3 is 1.97 bits per heavy atom. The molecule has 2 N–H and O–H groups in total. The van der Waals surface area contributed by atoms with Gasteiger partial charge >= 0.3 is 0 Å². The third kappa shape index (κ3) is 7.09. The van der Waals surface area contributed by atoms with E-state index < -0.39 is 0 Å². The first-order valence-corrected chi connectivity index (χ1v) is 9.94. The number of halogens is 1. The highest BCUT2D eigenvalue weighted by atomic mass is 35.5. The number of carbonyl (C=O) groups is 2. The van der Waals surface area contributed by atoms with Gasteiger partial charge < -0.3 is 10.6 Å². The SMILES string of the molecule is CC.O=C(CNC(=O)c1ccc(-c2ccccc2)cc1)NCc1ccc(Cl)cc1. The van der Waals surface area contributed by atoms with Crippen molar-refractivity contribution in [2.75, 3.05) is 6.54 Å². The highest BCUT2D eigenvalue weighted by Crippen LogP contribution is 2.19. The zero-order valence-corrected chi connectivity index (χ0v) is 17.4. The standard InChI is InChI=1S/C22H19ClN2O2.C2H6/c23-20-12-6-16(7-13-20)14-24-21(26)15-25-22(27)19-10-8-18(9-11-19)17-4-2-1-3-5-17;1-2/h1-13H,14-15H2,(H,24,26)(H,25,27);1-2H3. The second-order valence-corrected chi connectivity index (χ2v) is 6.47. The molecule has 3 aromatic carbocycles. The van der Waals surface area contributed by atoms with E-state index in [0.717, 1.165) is 16.7 Å². The predicted octanol–water partition coefficient (Wildman–Crippen LogP) is 5.08. The molecule has 0 aromatic heterocycles. The van der Waals surface area contributed by atoms with Crippen molar-refractivity contribution >= 4 is 23.4 Å². The summed E-state index contributed by atoms with van der Waals surface area (Å²) < 4.78 is 0. The molecule has 0 saturated heterocycles. The van der Waals surface area contributed by atoms with Crippen LogP contribution in [0, 0.1) is 0 Å². The minimum atomic E-state index is -0.281. The topological polar surface area (TPSA) is 58.2 Å². The number of benzene rings is 3. The van der Waals surface area contributed by atoms with Crippen molar-refractivity contribution in [2.24, 2.45) is 0 Å². The van der Waals surface area contributed by atoms with Crippen LogP contribution in [0.1, 0.15) is 29.8 Å². The van der Waals surface area contributed by atoms with Crippen molar-refractivity contribution in [2.45, 2.75) is 20.4 Å². The summed E-state index contributed by atoms with van der Waals surface area (Å²) in [5.74, 6) is -0.532. The van der Waals surface area contributed by atoms with Gasteiger partial charge in [-0.3, -0.25) is 9.59 Å². The second kappa shape index (κ2) is 11.7. The maximum Gasteiger partial charge on any atom is 0.251 e. The Kier molecular flexibility index (Phi) is 8.93. The first-order valence-electron chi connectivity index (χ1n) is 9.56. The van der Waals surface area contributed by atoms with Crippen LogP contribution in [0.4, 0.5) is 0 Å². The average molecular weight is 409 g/mol. The summed E-state index contributed by atoms with van der Waals surface area (Å²) in [4.78, 5) is 24.1. The first kappa shape index (κ1) is 22.2. The Morgan fingerprint density at radius 2 is 1.34 bits per heavy atom. The zero-order chi connectivity index (χ0) is 21.1. The van der Waals surface area contributed by atoms with E-state index in [0.29, 0.717) is 17.1 Å². The highest BCUT2D eigenvalue weighted by Gasteiger charge is 2.08. The maximum absolute atomic E-state index is 12.2. The van der Waals surface area contributed by atoms with Gasteiger partial charge in [0.1, 0.15) is 0 Å². The van der Waals surface area contributed by atoms with Crippen LogP contribution in [-0.2, 0) is 11.3 Å². The number of amides is 2. The van der Waals surface area contributed by atoms with Gasteiger partial charge in [0.25, 0.3) is 5.91 Å². The maximum atomic E-state index is 12.2. The first-order chi connectivity index (χ1) is 14.1. The number of hydrogen-bond donors (Lipinski definition) is 2. The Morgan fingerprint density at radius 1 is 0.759 bits per heavy atom. The van der Waals surface area contributed by atoms with E-state index in [9.17, 15) is 9.59 Å².